The van der Waals surface area contributed by atoms with Crippen molar-refractivity contribution in [1.82, 2.24) is 4.98 Å². The second-order valence-corrected chi connectivity index (χ2v) is 5.44. The summed E-state index contributed by atoms with van der Waals surface area (Å²) in [6, 6.07) is 3.57. The minimum Gasteiger partial charge on any atom is -0.294 e. The molecule has 0 radical (unpaired) electrons. The summed E-state index contributed by atoms with van der Waals surface area (Å²) in [6.45, 7) is 5.85. The molecule has 0 bridgehead atoms. The van der Waals surface area contributed by atoms with Crippen molar-refractivity contribution in [3.8, 4) is 0 Å². The van der Waals surface area contributed by atoms with Crippen molar-refractivity contribution in [2.45, 2.75) is 13.3 Å². The molecule has 1 atom stereocenters. The van der Waals surface area contributed by atoms with E-state index in [1.165, 1.54) is 0 Å². The molecule has 0 fully saturated rings. The summed E-state index contributed by atoms with van der Waals surface area (Å²) in [5.41, 5.74) is 4.77. The second-order valence-electron chi connectivity index (χ2n) is 5.44. The molecule has 0 amide bonds. The van der Waals surface area contributed by atoms with E-state index in [4.69, 9.17) is 0 Å². The number of ketones is 1. The van der Waals surface area contributed by atoms with Gasteiger partial charge in [0.2, 0.25) is 0 Å². The molecular weight excluding hydrogens is 284 g/mol. The molecule has 3 rings (SSSR count). The Morgan fingerprint density at radius 3 is 3.00 bits per heavy atom. The van der Waals surface area contributed by atoms with Gasteiger partial charge in [-0.1, -0.05) is 37.0 Å². The van der Waals surface area contributed by atoms with Crippen LogP contribution in [-0.4, -0.2) is 16.5 Å². The maximum absolute atomic E-state index is 12.4. The zero-order valence-electron chi connectivity index (χ0n) is 13.1. The average Bonchev–Trinajstić information content (AvgIpc) is 3.02. The van der Waals surface area contributed by atoms with E-state index in [1.54, 1.807) is 24.5 Å². The average molecular weight is 302 g/mol. The third kappa shape index (κ3) is 2.90. The third-order valence-electron chi connectivity index (χ3n) is 4.10. The molecular formula is C20H18N2O. The predicted octanol–water partition coefficient (Wildman–Crippen LogP) is 4.24. The number of rotatable bonds is 5. The molecule has 1 aromatic rings. The number of nitrogens with zero attached hydrogens (tertiary/aromatic N) is 2. The van der Waals surface area contributed by atoms with Crippen molar-refractivity contribution in [3.63, 3.8) is 0 Å². The Labute approximate surface area is 136 Å². The number of allylic oxidation sites excluding steroid dienone is 8. The minimum absolute atomic E-state index is 0.0597. The lowest BCUT2D eigenvalue weighted by Gasteiger charge is -2.19. The molecule has 0 N–H and O–H groups in total. The number of aliphatic imine (C=N–C) groups is 1. The van der Waals surface area contributed by atoms with Crippen LogP contribution in [0.4, 0.5) is 0 Å². The lowest BCUT2D eigenvalue weighted by Crippen LogP contribution is -2.19. The van der Waals surface area contributed by atoms with Crippen LogP contribution in [0.5, 0.6) is 0 Å². The SMILES string of the molecule is C=C/C(=C\C)C1=CN=C2C(CC(=O)c3cccnc3)=CC=CC12. The fraction of sp³-hybridized carbons (Fsp3) is 0.150. The van der Waals surface area contributed by atoms with E-state index in [0.29, 0.717) is 12.0 Å². The molecule has 1 aliphatic carbocycles. The molecule has 114 valence electrons. The Bertz CT molecular complexity index is 792. The fourth-order valence-electron chi connectivity index (χ4n) is 2.90. The molecule has 0 saturated heterocycles. The van der Waals surface area contributed by atoms with E-state index in [-0.39, 0.29) is 11.7 Å². The summed E-state index contributed by atoms with van der Waals surface area (Å²) >= 11 is 0. The van der Waals surface area contributed by atoms with Crippen LogP contribution < -0.4 is 0 Å². The highest BCUT2D eigenvalue weighted by Crippen LogP contribution is 2.34. The number of carbonyl (C=O) groups excluding carboxylic acids is 1. The summed E-state index contributed by atoms with van der Waals surface area (Å²) in [5.74, 6) is 0.172. The Balaban J connectivity index is 1.80. The monoisotopic (exact) mass is 302 g/mol. The first-order valence-corrected chi connectivity index (χ1v) is 7.62. The molecule has 0 spiro atoms. The van der Waals surface area contributed by atoms with Crippen LogP contribution >= 0.6 is 0 Å². The van der Waals surface area contributed by atoms with Gasteiger partial charge in [-0.3, -0.25) is 14.8 Å². The first-order valence-electron chi connectivity index (χ1n) is 7.62. The van der Waals surface area contributed by atoms with Gasteiger partial charge in [-0.2, -0.15) is 0 Å². The van der Waals surface area contributed by atoms with Crippen molar-refractivity contribution >= 4 is 11.5 Å². The summed E-state index contributed by atoms with van der Waals surface area (Å²) < 4.78 is 0. The van der Waals surface area contributed by atoms with Crippen molar-refractivity contribution < 1.29 is 4.79 Å². The van der Waals surface area contributed by atoms with Gasteiger partial charge in [-0.15, -0.1) is 0 Å². The number of hydrogen-bond acceptors (Lipinski definition) is 3. The minimum atomic E-state index is 0.0597. The normalized spacial score (nSPS) is 19.6. The Morgan fingerprint density at radius 2 is 2.30 bits per heavy atom. The van der Waals surface area contributed by atoms with Crippen molar-refractivity contribution in [2.24, 2.45) is 10.9 Å². The molecule has 1 unspecified atom stereocenters. The number of hydrogen-bond donors (Lipinski definition) is 0. The zero-order chi connectivity index (χ0) is 16.2. The van der Waals surface area contributed by atoms with Crippen LogP contribution in [0.1, 0.15) is 23.7 Å². The molecule has 23 heavy (non-hydrogen) atoms. The first kappa shape index (κ1) is 15.1. The van der Waals surface area contributed by atoms with Crippen LogP contribution in [0.15, 0.2) is 89.4 Å². The molecule has 1 aliphatic heterocycles. The molecule has 2 aliphatic rings. The largest absolute Gasteiger partial charge is 0.294 e. The molecule has 0 aromatic carbocycles. The van der Waals surface area contributed by atoms with E-state index < -0.39 is 0 Å². The van der Waals surface area contributed by atoms with E-state index in [9.17, 15) is 4.79 Å². The first-order chi connectivity index (χ1) is 11.2. The van der Waals surface area contributed by atoms with E-state index in [2.05, 4.69) is 22.6 Å². The molecule has 3 nitrogen and oxygen atoms in total. The molecule has 0 saturated carbocycles. The second kappa shape index (κ2) is 6.53. The smallest absolute Gasteiger partial charge is 0.168 e. The van der Waals surface area contributed by atoms with Gasteiger partial charge in [0.15, 0.2) is 5.78 Å². The highest BCUT2D eigenvalue weighted by atomic mass is 16.1. The molecule has 1 aromatic heterocycles. The van der Waals surface area contributed by atoms with Crippen LogP contribution in [0.2, 0.25) is 0 Å². The fourth-order valence-corrected chi connectivity index (χ4v) is 2.90. The van der Waals surface area contributed by atoms with Gasteiger partial charge in [-0.25, -0.2) is 0 Å². The Morgan fingerprint density at radius 1 is 1.43 bits per heavy atom. The topological polar surface area (TPSA) is 42.3 Å². The van der Waals surface area contributed by atoms with Crippen molar-refractivity contribution in [3.05, 3.63) is 90.0 Å². The summed E-state index contributed by atoms with van der Waals surface area (Å²) in [5, 5.41) is 0. The summed E-state index contributed by atoms with van der Waals surface area (Å²) in [4.78, 5) is 21.0. The van der Waals surface area contributed by atoms with Gasteiger partial charge in [0.1, 0.15) is 0 Å². The predicted molar refractivity (Wildman–Crippen MR) is 93.4 cm³/mol. The maximum Gasteiger partial charge on any atom is 0.168 e. The van der Waals surface area contributed by atoms with Crippen LogP contribution in [-0.2, 0) is 0 Å². The zero-order valence-corrected chi connectivity index (χ0v) is 13.1. The molecule has 2 heterocycles. The van der Waals surface area contributed by atoms with E-state index in [1.807, 2.05) is 37.4 Å². The Kier molecular flexibility index (Phi) is 4.29. The lowest BCUT2D eigenvalue weighted by molar-refractivity contribution is 0.0994. The Hall–Kier alpha value is -2.81. The van der Waals surface area contributed by atoms with E-state index in [0.717, 1.165) is 22.4 Å². The molecule has 3 heteroatoms. The highest BCUT2D eigenvalue weighted by molar-refractivity contribution is 6.12. The van der Waals surface area contributed by atoms with E-state index >= 15 is 0 Å². The van der Waals surface area contributed by atoms with Crippen molar-refractivity contribution in [2.75, 3.05) is 0 Å². The standard InChI is InChI=1S/C20H18N2O/c1-3-14(4-2)18-13-22-20-15(7-5-9-17(18)20)11-19(23)16-8-6-10-21-12-16/h3-10,12-13,17H,1,11H2,2H3/b14-4+. The van der Waals surface area contributed by atoms with Gasteiger partial charge in [0.25, 0.3) is 0 Å². The number of pyridine rings is 1. The van der Waals surface area contributed by atoms with Gasteiger partial charge in [0, 0.05) is 36.5 Å². The number of fused-ring (bicyclic) bond motifs is 1. The number of aromatic nitrogens is 1. The maximum atomic E-state index is 12.4. The van der Waals surface area contributed by atoms with Crippen molar-refractivity contribution in [1.29, 1.82) is 0 Å². The quantitative estimate of drug-likeness (QED) is 0.603. The summed E-state index contributed by atoms with van der Waals surface area (Å²) in [7, 11) is 0. The van der Waals surface area contributed by atoms with Crippen LogP contribution in [0.25, 0.3) is 0 Å². The number of carbonyl (C=O) groups is 1. The lowest BCUT2D eigenvalue weighted by atomic mass is 9.83. The van der Waals surface area contributed by atoms with Gasteiger partial charge in [-0.05, 0) is 35.8 Å². The number of Topliss-reactive ketones (excluding diaryl/α,β-unsaturated/α-hetero) is 1. The van der Waals surface area contributed by atoms with Crippen LogP contribution in [0.3, 0.4) is 0 Å². The third-order valence-corrected chi connectivity index (χ3v) is 4.10. The van der Waals surface area contributed by atoms with Gasteiger partial charge >= 0.3 is 0 Å². The highest BCUT2D eigenvalue weighted by Gasteiger charge is 2.29. The van der Waals surface area contributed by atoms with Crippen LogP contribution in [0, 0.1) is 5.92 Å². The van der Waals surface area contributed by atoms with Gasteiger partial charge in [0.05, 0.1) is 5.71 Å². The van der Waals surface area contributed by atoms with Gasteiger partial charge < -0.3 is 0 Å². The summed E-state index contributed by atoms with van der Waals surface area (Å²) in [6.07, 6.45) is 15.5.